The number of benzene rings is 1. The Morgan fingerprint density at radius 2 is 2.25 bits per heavy atom. The molecule has 4 rings (SSSR count). The Morgan fingerprint density at radius 1 is 1.42 bits per heavy atom. The van der Waals surface area contributed by atoms with Crippen molar-refractivity contribution < 1.29 is 9.90 Å². The van der Waals surface area contributed by atoms with Gasteiger partial charge in [-0.15, -0.1) is 0 Å². The number of rotatable bonds is 1. The molecule has 8 heteroatoms. The van der Waals surface area contributed by atoms with Crippen molar-refractivity contribution in [2.75, 3.05) is 13.1 Å². The van der Waals surface area contributed by atoms with E-state index in [2.05, 4.69) is 25.9 Å². The number of aromatic amines is 1. The molecule has 2 aromatic heterocycles. The molecule has 2 N–H and O–H groups in total. The highest BCUT2D eigenvalue weighted by atomic mass is 79.9. The van der Waals surface area contributed by atoms with E-state index in [9.17, 15) is 14.7 Å². The lowest BCUT2D eigenvalue weighted by Crippen LogP contribution is -2.41. The summed E-state index contributed by atoms with van der Waals surface area (Å²) in [6.07, 6.45) is 2.22. The lowest BCUT2D eigenvalue weighted by Gasteiger charge is -2.31. The quantitative estimate of drug-likeness (QED) is 0.667. The Labute approximate surface area is 145 Å². The molecule has 1 atom stereocenters. The van der Waals surface area contributed by atoms with E-state index in [4.69, 9.17) is 0 Å². The number of carboxylic acid groups (broad SMARTS) is 1. The largest absolute Gasteiger partial charge is 0.465 e. The van der Waals surface area contributed by atoms with Gasteiger partial charge in [-0.1, -0.05) is 15.9 Å². The highest BCUT2D eigenvalue weighted by molar-refractivity contribution is 9.10. The maximum absolute atomic E-state index is 12.5. The average Bonchev–Trinajstić information content (AvgIpc) is 2.91. The molecule has 3 aromatic rings. The van der Waals surface area contributed by atoms with Crippen LogP contribution in [-0.4, -0.2) is 43.7 Å². The summed E-state index contributed by atoms with van der Waals surface area (Å²) in [6, 6.07) is 5.56. The monoisotopic (exact) mass is 390 g/mol. The van der Waals surface area contributed by atoms with E-state index in [1.54, 1.807) is 10.8 Å². The molecule has 1 fully saturated rings. The van der Waals surface area contributed by atoms with E-state index in [-0.39, 0.29) is 11.7 Å². The minimum absolute atomic E-state index is 0.180. The van der Waals surface area contributed by atoms with E-state index in [1.165, 1.54) is 4.90 Å². The Morgan fingerprint density at radius 3 is 3.04 bits per heavy atom. The molecule has 1 aliphatic rings. The number of imidazole rings is 1. The summed E-state index contributed by atoms with van der Waals surface area (Å²) in [5.41, 5.74) is 2.02. The second-order valence-electron chi connectivity index (χ2n) is 6.01. The van der Waals surface area contributed by atoms with E-state index in [0.717, 1.165) is 33.7 Å². The maximum atomic E-state index is 12.5. The lowest BCUT2D eigenvalue weighted by molar-refractivity contribution is 0.122. The molecule has 1 aliphatic heterocycles. The Hall–Kier alpha value is -2.35. The molecule has 0 unspecified atom stereocenters. The molecule has 7 nitrogen and oxygen atoms in total. The van der Waals surface area contributed by atoms with Crippen LogP contribution in [0.2, 0.25) is 0 Å². The van der Waals surface area contributed by atoms with Gasteiger partial charge in [0, 0.05) is 22.9 Å². The molecule has 1 aromatic carbocycles. The van der Waals surface area contributed by atoms with Crippen LogP contribution in [0.25, 0.3) is 21.9 Å². The standard InChI is InChI=1S/C16H15BrN4O3/c17-9-3-4-12-11(6-9)14-13(7-18-12)19-15(22)21(14)10-2-1-5-20(8-10)16(23)24/h3-4,6-7,10H,1-2,5,8H2,(H,19,22)(H,23,24)/t10-/m1/s1. The first kappa shape index (κ1) is 15.2. The van der Waals surface area contributed by atoms with Crippen molar-refractivity contribution >= 4 is 44.0 Å². The number of hydrogen-bond donors (Lipinski definition) is 2. The predicted molar refractivity (Wildman–Crippen MR) is 93.4 cm³/mol. The van der Waals surface area contributed by atoms with Crippen molar-refractivity contribution in [3.63, 3.8) is 0 Å². The van der Waals surface area contributed by atoms with Crippen LogP contribution in [0.1, 0.15) is 18.9 Å². The van der Waals surface area contributed by atoms with Crippen LogP contribution in [0, 0.1) is 0 Å². The number of fused-ring (bicyclic) bond motifs is 3. The molecular formula is C16H15BrN4O3. The van der Waals surface area contributed by atoms with E-state index < -0.39 is 6.09 Å². The van der Waals surface area contributed by atoms with Crippen LogP contribution in [0.4, 0.5) is 4.79 Å². The number of nitrogens with one attached hydrogen (secondary N) is 1. The number of carbonyl (C=O) groups is 1. The minimum Gasteiger partial charge on any atom is -0.465 e. The van der Waals surface area contributed by atoms with Gasteiger partial charge in [0.15, 0.2) is 0 Å². The zero-order valence-electron chi connectivity index (χ0n) is 12.7. The molecule has 0 saturated carbocycles. The van der Waals surface area contributed by atoms with Gasteiger partial charge in [0.1, 0.15) is 0 Å². The summed E-state index contributed by atoms with van der Waals surface area (Å²) >= 11 is 3.46. The van der Waals surface area contributed by atoms with Crippen molar-refractivity contribution in [3.8, 4) is 0 Å². The van der Waals surface area contributed by atoms with Gasteiger partial charge in [-0.3, -0.25) is 9.55 Å². The fourth-order valence-electron chi connectivity index (χ4n) is 3.47. The maximum Gasteiger partial charge on any atom is 0.407 e. The van der Waals surface area contributed by atoms with Gasteiger partial charge in [-0.2, -0.15) is 0 Å². The third-order valence-electron chi connectivity index (χ3n) is 4.54. The van der Waals surface area contributed by atoms with E-state index in [1.807, 2.05) is 18.2 Å². The van der Waals surface area contributed by atoms with Gasteiger partial charge in [0.25, 0.3) is 0 Å². The van der Waals surface area contributed by atoms with Crippen LogP contribution in [0.3, 0.4) is 0 Å². The van der Waals surface area contributed by atoms with E-state index >= 15 is 0 Å². The molecule has 1 amide bonds. The molecule has 1 saturated heterocycles. The summed E-state index contributed by atoms with van der Waals surface area (Å²) in [6.45, 7) is 0.830. The third kappa shape index (κ3) is 2.37. The molecule has 24 heavy (non-hydrogen) atoms. The van der Waals surface area contributed by atoms with Crippen molar-refractivity contribution in [1.29, 1.82) is 0 Å². The SMILES string of the molecule is O=C(O)N1CCC[C@@H](n2c(=O)[nH]c3cnc4ccc(Br)cc4c32)C1. The summed E-state index contributed by atoms with van der Waals surface area (Å²) in [5, 5.41) is 10.1. The fourth-order valence-corrected chi connectivity index (χ4v) is 3.83. The summed E-state index contributed by atoms with van der Waals surface area (Å²) in [4.78, 5) is 32.4. The number of halogens is 1. The first-order valence-corrected chi connectivity index (χ1v) is 8.50. The number of nitrogens with zero attached hydrogens (tertiary/aromatic N) is 3. The first-order chi connectivity index (χ1) is 11.5. The zero-order chi connectivity index (χ0) is 16.8. The minimum atomic E-state index is -0.943. The van der Waals surface area contributed by atoms with Gasteiger partial charge in [-0.25, -0.2) is 9.59 Å². The Bertz CT molecular complexity index is 1010. The van der Waals surface area contributed by atoms with Crippen LogP contribution < -0.4 is 5.69 Å². The fraction of sp³-hybridized carbons (Fsp3) is 0.312. The van der Waals surface area contributed by atoms with Crippen LogP contribution in [0.5, 0.6) is 0 Å². The highest BCUT2D eigenvalue weighted by Gasteiger charge is 2.27. The van der Waals surface area contributed by atoms with Gasteiger partial charge in [0.2, 0.25) is 0 Å². The molecule has 0 spiro atoms. The number of aromatic nitrogens is 3. The van der Waals surface area contributed by atoms with Gasteiger partial charge >= 0.3 is 11.8 Å². The second-order valence-corrected chi connectivity index (χ2v) is 6.92. The highest BCUT2D eigenvalue weighted by Crippen LogP contribution is 2.29. The second kappa shape index (κ2) is 5.62. The number of H-pyrrole nitrogens is 1. The van der Waals surface area contributed by atoms with Gasteiger partial charge in [-0.05, 0) is 31.0 Å². The van der Waals surface area contributed by atoms with Crippen LogP contribution in [0.15, 0.2) is 33.7 Å². The van der Waals surface area contributed by atoms with Gasteiger partial charge in [0.05, 0.1) is 28.8 Å². The average molecular weight is 391 g/mol. The van der Waals surface area contributed by atoms with Gasteiger partial charge < -0.3 is 15.0 Å². The predicted octanol–water partition coefficient (Wildman–Crippen LogP) is 2.96. The molecule has 0 aliphatic carbocycles. The number of hydrogen-bond acceptors (Lipinski definition) is 3. The van der Waals surface area contributed by atoms with Crippen molar-refractivity contribution in [1.82, 2.24) is 19.4 Å². The first-order valence-electron chi connectivity index (χ1n) is 7.71. The summed E-state index contributed by atoms with van der Waals surface area (Å²) in [7, 11) is 0. The molecular weight excluding hydrogens is 376 g/mol. The summed E-state index contributed by atoms with van der Waals surface area (Å²) in [5.74, 6) is 0. The van der Waals surface area contributed by atoms with E-state index in [0.29, 0.717) is 18.6 Å². The smallest absolute Gasteiger partial charge is 0.407 e. The zero-order valence-corrected chi connectivity index (χ0v) is 14.3. The number of amides is 1. The van der Waals surface area contributed by atoms with Crippen molar-refractivity contribution in [3.05, 3.63) is 39.4 Å². The number of piperidine rings is 1. The molecule has 0 bridgehead atoms. The lowest BCUT2D eigenvalue weighted by atomic mass is 10.1. The normalized spacial score (nSPS) is 18.4. The third-order valence-corrected chi connectivity index (χ3v) is 5.03. The topological polar surface area (TPSA) is 91.2 Å². The molecule has 124 valence electrons. The summed E-state index contributed by atoms with van der Waals surface area (Å²) < 4.78 is 2.60. The van der Waals surface area contributed by atoms with Crippen molar-refractivity contribution in [2.24, 2.45) is 0 Å². The van der Waals surface area contributed by atoms with Crippen molar-refractivity contribution in [2.45, 2.75) is 18.9 Å². The molecule has 3 heterocycles. The molecule has 0 radical (unpaired) electrons. The number of pyridine rings is 1. The number of likely N-dealkylation sites (tertiary alicyclic amines) is 1. The Kier molecular flexibility index (Phi) is 3.56. The van der Waals surface area contributed by atoms with Crippen LogP contribution in [-0.2, 0) is 0 Å². The van der Waals surface area contributed by atoms with Crippen LogP contribution >= 0.6 is 15.9 Å². The Balaban J connectivity index is 1.94.